The lowest BCUT2D eigenvalue weighted by atomic mass is 9.86. The van der Waals surface area contributed by atoms with E-state index in [0.717, 1.165) is 5.56 Å². The molecule has 0 aliphatic carbocycles. The van der Waals surface area contributed by atoms with Crippen LogP contribution in [0.5, 0.6) is 23.0 Å². The molecule has 0 aliphatic heterocycles. The molecule has 0 aliphatic rings. The van der Waals surface area contributed by atoms with Crippen LogP contribution in [0.25, 0.3) is 10.8 Å². The number of benzene rings is 4. The van der Waals surface area contributed by atoms with Gasteiger partial charge in [-0.3, -0.25) is 14.5 Å². The number of rotatable bonds is 16. The Kier molecular flexibility index (Phi) is 13.2. The van der Waals surface area contributed by atoms with Crippen LogP contribution in [0.2, 0.25) is 0 Å². The van der Waals surface area contributed by atoms with Crippen molar-refractivity contribution >= 4 is 68.2 Å². The third-order valence-corrected chi connectivity index (χ3v) is 9.44. The van der Waals surface area contributed by atoms with Crippen molar-refractivity contribution in [3.05, 3.63) is 96.2 Å². The molecule has 0 radical (unpaired) electrons. The number of aromatic nitrogens is 1. The van der Waals surface area contributed by atoms with Crippen molar-refractivity contribution in [2.24, 2.45) is 11.5 Å². The Labute approximate surface area is 333 Å². The number of ether oxygens (including phenoxy) is 3. The minimum atomic E-state index is -1.43. The zero-order valence-electron chi connectivity index (χ0n) is 32.5. The highest BCUT2D eigenvalue weighted by Gasteiger charge is 2.28. The second-order valence-corrected chi connectivity index (χ2v) is 15.2. The summed E-state index contributed by atoms with van der Waals surface area (Å²) in [4.78, 5) is 43.0. The molecule has 0 spiro atoms. The van der Waals surface area contributed by atoms with Gasteiger partial charge in [0.1, 0.15) is 40.1 Å². The summed E-state index contributed by atoms with van der Waals surface area (Å²) in [7, 11) is 1.50. The molecule has 8 N–H and O–H groups in total. The van der Waals surface area contributed by atoms with E-state index in [2.05, 4.69) is 20.3 Å². The number of hydrogen-bond donors (Lipinski definition) is 6. The minimum absolute atomic E-state index is 0.229. The van der Waals surface area contributed by atoms with Gasteiger partial charge >= 0.3 is 12.0 Å². The smallest absolute Gasteiger partial charge is 0.324 e. The molecule has 57 heavy (non-hydrogen) atoms. The van der Waals surface area contributed by atoms with Crippen LogP contribution in [0, 0.1) is 0 Å². The average Bonchev–Trinajstić information content (AvgIpc) is 3.16. The standard InChI is InChI=1S/C41H47N7O8S/c1-41(2,3)24-20-31(47-57(6)53)37(55-5)33(21-24)48(40(43)52)32-15-16-34(28-11-8-7-10-27(28)32)56-26-17-19-44-36(23-26)46-25-13-14-29(35(22-25)54-4)38(49)45-18-9-12-30(42)39(50)51/h7-8,10-11,13-17,19-23,30,47H,9,12,18,42H2,1-6H3,(H2,43,52)(H,44,46)(H,45,49)(H,50,51)/t30-,57?/m1/s1. The number of carbonyl (C=O) groups excluding carboxylic acids is 2. The van der Waals surface area contributed by atoms with Crippen molar-refractivity contribution in [3.8, 4) is 23.0 Å². The van der Waals surface area contributed by atoms with Crippen LogP contribution in [0.4, 0.5) is 33.4 Å². The van der Waals surface area contributed by atoms with Gasteiger partial charge in [0.15, 0.2) is 5.75 Å². The minimum Gasteiger partial charge on any atom is -0.496 e. The zero-order valence-corrected chi connectivity index (χ0v) is 33.4. The summed E-state index contributed by atoms with van der Waals surface area (Å²) in [6, 6.07) is 21.3. The summed E-state index contributed by atoms with van der Waals surface area (Å²) in [6.07, 6.45) is 3.73. The number of fused-ring (bicyclic) bond motifs is 1. The number of pyridine rings is 1. The highest BCUT2D eigenvalue weighted by molar-refractivity contribution is 7.85. The maximum atomic E-state index is 13.4. The van der Waals surface area contributed by atoms with Crippen molar-refractivity contribution < 1.29 is 37.9 Å². The molecular formula is C41H47N7O8S. The topological polar surface area (TPSA) is 220 Å². The lowest BCUT2D eigenvalue weighted by Crippen LogP contribution is -2.32. The van der Waals surface area contributed by atoms with Crippen molar-refractivity contribution in [2.75, 3.05) is 42.0 Å². The number of methoxy groups -OCH3 is 2. The van der Waals surface area contributed by atoms with Gasteiger partial charge in [0.05, 0.1) is 36.8 Å². The van der Waals surface area contributed by atoms with E-state index in [0.29, 0.717) is 74.3 Å². The van der Waals surface area contributed by atoms with Crippen molar-refractivity contribution in [2.45, 2.75) is 45.1 Å². The number of carboxylic acids is 1. The summed E-state index contributed by atoms with van der Waals surface area (Å²) >= 11 is 0. The summed E-state index contributed by atoms with van der Waals surface area (Å²) < 4.78 is 33.0. The lowest BCUT2D eigenvalue weighted by Gasteiger charge is -2.29. The van der Waals surface area contributed by atoms with E-state index in [1.807, 2.05) is 57.2 Å². The van der Waals surface area contributed by atoms with Crippen molar-refractivity contribution in [1.82, 2.24) is 10.3 Å². The van der Waals surface area contributed by atoms with E-state index in [1.54, 1.807) is 48.7 Å². The van der Waals surface area contributed by atoms with Gasteiger partial charge < -0.3 is 46.1 Å². The Morgan fingerprint density at radius 1 is 0.930 bits per heavy atom. The Bertz CT molecular complexity index is 2310. The van der Waals surface area contributed by atoms with Gasteiger partial charge in [-0.1, -0.05) is 45.0 Å². The molecule has 5 rings (SSSR count). The Morgan fingerprint density at radius 2 is 1.67 bits per heavy atom. The molecule has 1 aromatic heterocycles. The molecule has 4 aromatic carbocycles. The number of amides is 3. The van der Waals surface area contributed by atoms with Gasteiger partial charge in [-0.15, -0.1) is 0 Å². The summed E-state index contributed by atoms with van der Waals surface area (Å²) in [5.41, 5.74) is 14.4. The Morgan fingerprint density at radius 3 is 2.32 bits per heavy atom. The third kappa shape index (κ3) is 10.1. The molecule has 1 heterocycles. The summed E-state index contributed by atoms with van der Waals surface area (Å²) in [5, 5.41) is 16.3. The first-order valence-corrected chi connectivity index (χ1v) is 19.5. The number of urea groups is 1. The van der Waals surface area contributed by atoms with Crippen LogP contribution < -0.4 is 45.9 Å². The predicted octanol–water partition coefficient (Wildman–Crippen LogP) is 6.93. The fraction of sp³-hybridized carbons (Fsp3) is 0.268. The van der Waals surface area contributed by atoms with Crippen LogP contribution in [-0.2, 0) is 21.2 Å². The monoisotopic (exact) mass is 797 g/mol. The number of aliphatic carboxylic acids is 1. The van der Waals surface area contributed by atoms with Crippen LogP contribution in [0.15, 0.2) is 85.1 Å². The van der Waals surface area contributed by atoms with Crippen LogP contribution >= 0.6 is 0 Å². The quantitative estimate of drug-likeness (QED) is 0.0562. The zero-order chi connectivity index (χ0) is 41.4. The van der Waals surface area contributed by atoms with E-state index >= 15 is 0 Å². The SMILES string of the molecule is COc1cc(Nc2cc(Oc3ccc(N(C(N)=O)c4cc(C(C)(C)C)cc(NS(C)=O)c4OC)c4ccccc34)ccn2)ccc1C(=O)NCCC[C@@H](N)C(=O)O. The normalized spacial score (nSPS) is 12.3. The second kappa shape index (κ2) is 18.0. The van der Waals surface area contributed by atoms with E-state index in [9.17, 15) is 18.6 Å². The number of anilines is 5. The molecule has 1 unspecified atom stereocenters. The number of nitrogens with one attached hydrogen (secondary N) is 3. The average molecular weight is 798 g/mol. The number of nitrogens with zero attached hydrogens (tertiary/aromatic N) is 2. The van der Waals surface area contributed by atoms with Gasteiger partial charge in [-0.25, -0.2) is 14.0 Å². The molecule has 2 atom stereocenters. The van der Waals surface area contributed by atoms with E-state index < -0.39 is 29.0 Å². The van der Waals surface area contributed by atoms with Gasteiger partial charge in [-0.05, 0) is 66.3 Å². The van der Waals surface area contributed by atoms with Gasteiger partial charge in [0, 0.05) is 47.6 Å². The molecule has 0 bridgehead atoms. The predicted molar refractivity (Wildman–Crippen MR) is 223 cm³/mol. The highest BCUT2D eigenvalue weighted by atomic mass is 32.2. The Hall–Kier alpha value is -6.39. The van der Waals surface area contributed by atoms with Crippen molar-refractivity contribution in [1.29, 1.82) is 0 Å². The fourth-order valence-electron chi connectivity index (χ4n) is 6.08. The maximum absolute atomic E-state index is 13.4. The van der Waals surface area contributed by atoms with Gasteiger partial charge in [0.2, 0.25) is 0 Å². The number of carbonyl (C=O) groups is 3. The first-order valence-electron chi connectivity index (χ1n) is 17.9. The molecule has 5 aromatic rings. The molecular weight excluding hydrogens is 751 g/mol. The maximum Gasteiger partial charge on any atom is 0.324 e. The van der Waals surface area contributed by atoms with Crippen molar-refractivity contribution in [3.63, 3.8) is 0 Å². The van der Waals surface area contributed by atoms with Crippen LogP contribution in [0.1, 0.15) is 49.5 Å². The highest BCUT2D eigenvalue weighted by Crippen LogP contribution is 2.46. The number of carboxylic acid groups (broad SMARTS) is 1. The van der Waals surface area contributed by atoms with Gasteiger partial charge in [-0.2, -0.15) is 0 Å². The molecule has 0 saturated carbocycles. The molecule has 16 heteroatoms. The number of nitrogens with two attached hydrogens (primary N) is 2. The van der Waals surface area contributed by atoms with E-state index in [-0.39, 0.29) is 24.3 Å². The van der Waals surface area contributed by atoms with E-state index in [4.69, 9.17) is 30.8 Å². The van der Waals surface area contributed by atoms with Gasteiger partial charge in [0.25, 0.3) is 5.91 Å². The first kappa shape index (κ1) is 41.8. The van der Waals surface area contributed by atoms with Crippen LogP contribution in [-0.4, -0.2) is 65.3 Å². The summed E-state index contributed by atoms with van der Waals surface area (Å²) in [5.74, 6) is 0.564. The van der Waals surface area contributed by atoms with Crippen LogP contribution in [0.3, 0.4) is 0 Å². The third-order valence-electron chi connectivity index (χ3n) is 8.93. The lowest BCUT2D eigenvalue weighted by molar-refractivity contribution is -0.138. The van der Waals surface area contributed by atoms with E-state index in [1.165, 1.54) is 25.4 Å². The molecule has 15 nitrogen and oxygen atoms in total. The molecule has 3 amide bonds. The fourth-order valence-corrected chi connectivity index (χ4v) is 6.54. The Balaban J connectivity index is 1.42. The number of hydrogen-bond acceptors (Lipinski definition) is 10. The second-order valence-electron chi connectivity index (χ2n) is 14.0. The summed E-state index contributed by atoms with van der Waals surface area (Å²) in [6.45, 7) is 6.35. The molecule has 0 fully saturated rings. The number of primary amides is 1. The first-order chi connectivity index (χ1) is 27.1. The molecule has 300 valence electrons. The molecule has 0 saturated heterocycles. The largest absolute Gasteiger partial charge is 0.496 e.